The zero-order valence-corrected chi connectivity index (χ0v) is 14.6. The van der Waals surface area contributed by atoms with Crippen LogP contribution in [0, 0.1) is 6.92 Å². The molecule has 27 heavy (non-hydrogen) atoms. The summed E-state index contributed by atoms with van der Waals surface area (Å²) in [7, 11) is 1.39. The highest BCUT2D eigenvalue weighted by atomic mass is 19.4. The Morgan fingerprint density at radius 2 is 1.70 bits per heavy atom. The van der Waals surface area contributed by atoms with Crippen molar-refractivity contribution in [1.29, 1.82) is 0 Å². The molecule has 0 heterocycles. The van der Waals surface area contributed by atoms with E-state index in [1.54, 1.807) is 12.1 Å². The van der Waals surface area contributed by atoms with Crippen molar-refractivity contribution in [2.75, 3.05) is 24.2 Å². The van der Waals surface area contributed by atoms with E-state index in [-0.39, 0.29) is 12.2 Å². The second kappa shape index (κ2) is 8.43. The lowest BCUT2D eigenvalue weighted by Crippen LogP contribution is -2.37. The Hall–Kier alpha value is -3.23. The van der Waals surface area contributed by atoms with Gasteiger partial charge < -0.3 is 20.3 Å². The number of halogens is 3. The number of carbonyl (C=O) groups is 2. The molecule has 0 radical (unpaired) electrons. The van der Waals surface area contributed by atoms with Crippen LogP contribution in [-0.2, 0) is 4.79 Å². The number of amides is 3. The van der Waals surface area contributed by atoms with Crippen LogP contribution in [0.3, 0.4) is 0 Å². The molecule has 0 spiro atoms. The van der Waals surface area contributed by atoms with Crippen molar-refractivity contribution in [3.8, 4) is 5.75 Å². The maximum absolute atomic E-state index is 12.2. The van der Waals surface area contributed by atoms with Gasteiger partial charge in [0.25, 0.3) is 0 Å². The average molecular weight is 381 g/mol. The largest absolute Gasteiger partial charge is 0.573 e. The summed E-state index contributed by atoms with van der Waals surface area (Å²) < 4.78 is 40.5. The molecule has 0 atom stereocenters. The molecule has 2 rings (SSSR count). The summed E-state index contributed by atoms with van der Waals surface area (Å²) in [6.07, 6.45) is -4.83. The number of nitrogens with zero attached hydrogens (tertiary/aromatic N) is 1. The SMILES string of the molecule is Cc1ccc(NC(=O)CN(C)C(=O)Nc2cccc(OC(F)(F)F)c2)cc1. The van der Waals surface area contributed by atoms with Crippen molar-refractivity contribution in [2.45, 2.75) is 13.3 Å². The Labute approximate surface area is 153 Å². The van der Waals surface area contributed by atoms with Crippen LogP contribution in [0.5, 0.6) is 5.75 Å². The fourth-order valence-corrected chi connectivity index (χ4v) is 2.11. The van der Waals surface area contributed by atoms with E-state index >= 15 is 0 Å². The topological polar surface area (TPSA) is 70.7 Å². The molecule has 0 saturated heterocycles. The van der Waals surface area contributed by atoms with Gasteiger partial charge in [0.1, 0.15) is 12.3 Å². The van der Waals surface area contributed by atoms with Crippen molar-refractivity contribution in [3.05, 3.63) is 54.1 Å². The summed E-state index contributed by atoms with van der Waals surface area (Å²) in [5, 5.41) is 5.05. The number of hydrogen-bond acceptors (Lipinski definition) is 3. The highest BCUT2D eigenvalue weighted by Crippen LogP contribution is 2.25. The van der Waals surface area contributed by atoms with Gasteiger partial charge >= 0.3 is 12.4 Å². The summed E-state index contributed by atoms with van der Waals surface area (Å²) in [6, 6.07) is 11.3. The molecule has 0 fully saturated rings. The van der Waals surface area contributed by atoms with E-state index in [1.165, 1.54) is 19.2 Å². The van der Waals surface area contributed by atoms with E-state index in [4.69, 9.17) is 0 Å². The lowest BCUT2D eigenvalue weighted by Gasteiger charge is -2.18. The third-order valence-corrected chi connectivity index (χ3v) is 3.38. The minimum atomic E-state index is -4.83. The number of hydrogen-bond donors (Lipinski definition) is 2. The van der Waals surface area contributed by atoms with E-state index in [0.29, 0.717) is 5.69 Å². The van der Waals surface area contributed by atoms with Crippen LogP contribution in [0.1, 0.15) is 5.56 Å². The minimum Gasteiger partial charge on any atom is -0.406 e. The summed E-state index contributed by atoms with van der Waals surface area (Å²) in [4.78, 5) is 25.2. The van der Waals surface area contributed by atoms with Gasteiger partial charge in [-0.1, -0.05) is 23.8 Å². The zero-order chi connectivity index (χ0) is 20.0. The maximum Gasteiger partial charge on any atom is 0.573 e. The van der Waals surface area contributed by atoms with Gasteiger partial charge in [-0.05, 0) is 31.2 Å². The fourth-order valence-electron chi connectivity index (χ4n) is 2.11. The van der Waals surface area contributed by atoms with Gasteiger partial charge in [0.2, 0.25) is 5.91 Å². The molecule has 3 amide bonds. The van der Waals surface area contributed by atoms with Crippen LogP contribution in [0.15, 0.2) is 48.5 Å². The van der Waals surface area contributed by atoms with Crippen LogP contribution >= 0.6 is 0 Å². The number of rotatable bonds is 5. The number of ether oxygens (including phenoxy) is 1. The molecule has 6 nitrogen and oxygen atoms in total. The van der Waals surface area contributed by atoms with Gasteiger partial charge in [0, 0.05) is 24.5 Å². The second-order valence-corrected chi connectivity index (χ2v) is 5.78. The first kappa shape index (κ1) is 20.1. The first-order valence-corrected chi connectivity index (χ1v) is 7.87. The van der Waals surface area contributed by atoms with Crippen LogP contribution in [0.2, 0.25) is 0 Å². The van der Waals surface area contributed by atoms with Crippen LogP contribution < -0.4 is 15.4 Å². The zero-order valence-electron chi connectivity index (χ0n) is 14.6. The summed E-state index contributed by atoms with van der Waals surface area (Å²) in [5.41, 5.74) is 1.74. The minimum absolute atomic E-state index is 0.104. The second-order valence-electron chi connectivity index (χ2n) is 5.78. The van der Waals surface area contributed by atoms with Crippen LogP contribution in [0.4, 0.5) is 29.3 Å². The molecular weight excluding hydrogens is 363 g/mol. The summed E-state index contributed by atoms with van der Waals surface area (Å²) in [6.45, 7) is 1.68. The Morgan fingerprint density at radius 1 is 1.04 bits per heavy atom. The van der Waals surface area contributed by atoms with Gasteiger partial charge in [-0.3, -0.25) is 4.79 Å². The smallest absolute Gasteiger partial charge is 0.406 e. The van der Waals surface area contributed by atoms with Gasteiger partial charge in [0.15, 0.2) is 0 Å². The molecule has 0 unspecified atom stereocenters. The molecule has 0 aliphatic rings. The van der Waals surface area contributed by atoms with Crippen LogP contribution in [-0.4, -0.2) is 36.8 Å². The predicted molar refractivity (Wildman–Crippen MR) is 94.6 cm³/mol. The van der Waals surface area contributed by atoms with E-state index in [9.17, 15) is 22.8 Å². The molecule has 0 aliphatic carbocycles. The number of alkyl halides is 3. The number of urea groups is 1. The molecule has 0 aromatic heterocycles. The first-order chi connectivity index (χ1) is 12.6. The third-order valence-electron chi connectivity index (χ3n) is 3.38. The molecule has 2 N–H and O–H groups in total. The van der Waals surface area contributed by atoms with Gasteiger partial charge in [0.05, 0.1) is 0 Å². The Morgan fingerprint density at radius 3 is 2.33 bits per heavy atom. The van der Waals surface area contributed by atoms with E-state index in [0.717, 1.165) is 22.6 Å². The van der Waals surface area contributed by atoms with Crippen molar-refractivity contribution in [2.24, 2.45) is 0 Å². The molecule has 144 valence electrons. The van der Waals surface area contributed by atoms with Crippen molar-refractivity contribution >= 4 is 23.3 Å². The third kappa shape index (κ3) is 6.89. The van der Waals surface area contributed by atoms with Gasteiger partial charge in [-0.25, -0.2) is 4.79 Å². The first-order valence-electron chi connectivity index (χ1n) is 7.87. The predicted octanol–water partition coefficient (Wildman–Crippen LogP) is 4.00. The Balaban J connectivity index is 1.90. The van der Waals surface area contributed by atoms with E-state index in [1.807, 2.05) is 19.1 Å². The van der Waals surface area contributed by atoms with Crippen LogP contribution in [0.25, 0.3) is 0 Å². The Bertz CT molecular complexity index is 807. The maximum atomic E-state index is 12.2. The van der Waals surface area contributed by atoms with Gasteiger partial charge in [-0.2, -0.15) is 0 Å². The normalized spacial score (nSPS) is 10.9. The number of nitrogens with one attached hydrogen (secondary N) is 2. The molecule has 0 bridgehead atoms. The molecular formula is C18H18F3N3O3. The quantitative estimate of drug-likeness (QED) is 0.823. The number of benzene rings is 2. The van der Waals surface area contributed by atoms with Crippen molar-refractivity contribution < 1.29 is 27.5 Å². The number of likely N-dealkylation sites (N-methyl/N-ethyl adjacent to an activating group) is 1. The summed E-state index contributed by atoms with van der Waals surface area (Å²) >= 11 is 0. The van der Waals surface area contributed by atoms with Gasteiger partial charge in [-0.15, -0.1) is 13.2 Å². The summed E-state index contributed by atoms with van der Waals surface area (Å²) in [5.74, 6) is -0.870. The van der Waals surface area contributed by atoms with Crippen molar-refractivity contribution in [1.82, 2.24) is 4.90 Å². The molecule has 0 saturated carbocycles. The fraction of sp³-hybridized carbons (Fsp3) is 0.222. The Kier molecular flexibility index (Phi) is 6.27. The lowest BCUT2D eigenvalue weighted by atomic mass is 10.2. The molecule has 2 aromatic carbocycles. The number of aryl methyl sites for hydroxylation is 1. The molecule has 2 aromatic rings. The highest BCUT2D eigenvalue weighted by Gasteiger charge is 2.31. The highest BCUT2D eigenvalue weighted by molar-refractivity contribution is 5.96. The number of anilines is 2. The average Bonchev–Trinajstić information content (AvgIpc) is 2.55. The molecule has 0 aliphatic heterocycles. The number of carbonyl (C=O) groups excluding carboxylic acids is 2. The van der Waals surface area contributed by atoms with E-state index in [2.05, 4.69) is 15.4 Å². The molecule has 9 heteroatoms. The van der Waals surface area contributed by atoms with Crippen molar-refractivity contribution in [3.63, 3.8) is 0 Å². The lowest BCUT2D eigenvalue weighted by molar-refractivity contribution is -0.274. The monoisotopic (exact) mass is 381 g/mol. The standard InChI is InChI=1S/C18H18F3N3O3/c1-12-6-8-13(9-7-12)22-16(25)11-24(2)17(26)23-14-4-3-5-15(10-14)27-18(19,20)21/h3-10H,11H2,1-2H3,(H,22,25)(H,23,26). The van der Waals surface area contributed by atoms with E-state index < -0.39 is 24.1 Å².